The number of pyridine rings is 1. The van der Waals surface area contributed by atoms with Crippen LogP contribution in [-0.4, -0.2) is 28.2 Å². The van der Waals surface area contributed by atoms with Crippen molar-refractivity contribution in [1.29, 1.82) is 0 Å². The molecule has 1 aliphatic heterocycles. The SMILES string of the molecule is CC1(P)CC12CN(c1nccc(-c3ccccc3P)c1[N+](=O)[O-])C2. The number of nitrogens with zero attached hydrogens (tertiary/aromatic N) is 3. The molecular formula is C17H19N3O2P2. The van der Waals surface area contributed by atoms with Crippen molar-refractivity contribution in [3.63, 3.8) is 0 Å². The highest BCUT2D eigenvalue weighted by molar-refractivity contribution is 7.28. The molecule has 1 spiro atoms. The van der Waals surface area contributed by atoms with Crippen LogP contribution in [-0.2, 0) is 0 Å². The molecule has 7 heteroatoms. The Bertz CT molecular complexity index is 847. The second-order valence-electron chi connectivity index (χ2n) is 7.11. The highest BCUT2D eigenvalue weighted by Gasteiger charge is 2.67. The van der Waals surface area contributed by atoms with Gasteiger partial charge in [-0.05, 0) is 28.5 Å². The molecule has 1 saturated carbocycles. The van der Waals surface area contributed by atoms with Gasteiger partial charge in [0.05, 0.1) is 10.5 Å². The van der Waals surface area contributed by atoms with Gasteiger partial charge in [-0.3, -0.25) is 10.1 Å². The Hall–Kier alpha value is -1.57. The zero-order valence-electron chi connectivity index (χ0n) is 13.4. The molecule has 1 aliphatic carbocycles. The molecule has 2 aliphatic rings. The van der Waals surface area contributed by atoms with Crippen molar-refractivity contribution in [2.75, 3.05) is 18.0 Å². The minimum atomic E-state index is -0.299. The Morgan fingerprint density at radius 2 is 1.92 bits per heavy atom. The molecule has 24 heavy (non-hydrogen) atoms. The lowest BCUT2D eigenvalue weighted by Crippen LogP contribution is -2.52. The molecule has 2 heterocycles. The van der Waals surface area contributed by atoms with Gasteiger partial charge in [0.2, 0.25) is 5.82 Å². The fraction of sp³-hybridized carbons (Fsp3) is 0.353. The first kappa shape index (κ1) is 15.9. The summed E-state index contributed by atoms with van der Waals surface area (Å²) in [6.07, 6.45) is 2.83. The highest BCUT2D eigenvalue weighted by Crippen LogP contribution is 2.67. The number of rotatable bonds is 3. The van der Waals surface area contributed by atoms with E-state index in [-0.39, 0.29) is 15.8 Å². The third-order valence-corrected chi connectivity index (χ3v) is 6.74. The van der Waals surface area contributed by atoms with E-state index in [0.29, 0.717) is 16.8 Å². The van der Waals surface area contributed by atoms with E-state index in [1.54, 1.807) is 12.3 Å². The topological polar surface area (TPSA) is 59.3 Å². The molecule has 0 N–H and O–H groups in total. The van der Waals surface area contributed by atoms with E-state index in [2.05, 4.69) is 30.4 Å². The quantitative estimate of drug-likeness (QED) is 0.480. The molecule has 0 radical (unpaired) electrons. The number of anilines is 1. The van der Waals surface area contributed by atoms with Crippen molar-refractivity contribution in [1.82, 2.24) is 4.98 Å². The predicted molar refractivity (Wildman–Crippen MR) is 103 cm³/mol. The Morgan fingerprint density at radius 3 is 2.50 bits per heavy atom. The van der Waals surface area contributed by atoms with Crippen LogP contribution in [0.4, 0.5) is 11.5 Å². The lowest BCUT2D eigenvalue weighted by atomic mass is 9.93. The summed E-state index contributed by atoms with van der Waals surface area (Å²) < 4.78 is 0. The summed E-state index contributed by atoms with van der Waals surface area (Å²) in [5, 5.41) is 13.0. The minimum absolute atomic E-state index is 0.105. The van der Waals surface area contributed by atoms with E-state index >= 15 is 0 Å². The Morgan fingerprint density at radius 1 is 1.25 bits per heavy atom. The largest absolute Gasteiger partial charge is 0.350 e. The average molecular weight is 359 g/mol. The van der Waals surface area contributed by atoms with Crippen LogP contribution in [0.3, 0.4) is 0 Å². The van der Waals surface area contributed by atoms with Gasteiger partial charge in [0.1, 0.15) is 0 Å². The first-order valence-electron chi connectivity index (χ1n) is 7.87. The van der Waals surface area contributed by atoms with Crippen molar-refractivity contribution in [3.8, 4) is 11.1 Å². The number of nitro groups is 1. The van der Waals surface area contributed by atoms with E-state index < -0.39 is 0 Å². The molecule has 2 aromatic rings. The van der Waals surface area contributed by atoms with Crippen molar-refractivity contribution < 1.29 is 4.92 Å². The Kier molecular flexibility index (Phi) is 3.46. The number of hydrogen-bond acceptors (Lipinski definition) is 4. The fourth-order valence-electron chi connectivity index (χ4n) is 3.78. The van der Waals surface area contributed by atoms with E-state index in [1.165, 1.54) is 0 Å². The molecule has 1 saturated heterocycles. The molecule has 3 unspecified atom stereocenters. The van der Waals surface area contributed by atoms with Gasteiger partial charge in [0.25, 0.3) is 0 Å². The fourth-order valence-corrected chi connectivity index (χ4v) is 4.72. The maximum absolute atomic E-state index is 11.8. The maximum atomic E-state index is 11.8. The molecule has 2 fully saturated rings. The summed E-state index contributed by atoms with van der Waals surface area (Å²) in [4.78, 5) is 17.9. The number of hydrogen-bond donors (Lipinski definition) is 0. The second-order valence-corrected chi connectivity index (χ2v) is 9.00. The summed E-state index contributed by atoms with van der Waals surface area (Å²) in [5.74, 6) is 0.490. The van der Waals surface area contributed by atoms with Gasteiger partial charge >= 0.3 is 5.69 Å². The highest BCUT2D eigenvalue weighted by atomic mass is 31.0. The zero-order chi connectivity index (χ0) is 17.1. The van der Waals surface area contributed by atoms with Crippen LogP contribution in [0.5, 0.6) is 0 Å². The van der Waals surface area contributed by atoms with Crippen LogP contribution in [0.15, 0.2) is 36.5 Å². The van der Waals surface area contributed by atoms with Gasteiger partial charge in [-0.25, -0.2) is 4.98 Å². The van der Waals surface area contributed by atoms with Gasteiger partial charge in [-0.1, -0.05) is 31.2 Å². The van der Waals surface area contributed by atoms with Crippen LogP contribution >= 0.6 is 18.5 Å². The Labute approximate surface area is 145 Å². The predicted octanol–water partition coefficient (Wildman–Crippen LogP) is 3.00. The van der Waals surface area contributed by atoms with Crippen LogP contribution < -0.4 is 10.2 Å². The van der Waals surface area contributed by atoms with Crippen molar-refractivity contribution in [2.45, 2.75) is 18.5 Å². The molecule has 4 rings (SSSR count). The van der Waals surface area contributed by atoms with E-state index in [4.69, 9.17) is 0 Å². The molecule has 0 bridgehead atoms. The van der Waals surface area contributed by atoms with Crippen molar-refractivity contribution in [2.24, 2.45) is 5.41 Å². The summed E-state index contributed by atoms with van der Waals surface area (Å²) >= 11 is 0. The number of aromatic nitrogens is 1. The van der Waals surface area contributed by atoms with Crippen molar-refractivity contribution in [3.05, 3.63) is 46.6 Å². The minimum Gasteiger partial charge on any atom is -0.350 e. The summed E-state index contributed by atoms with van der Waals surface area (Å²) in [7, 11) is 5.57. The van der Waals surface area contributed by atoms with E-state index in [0.717, 1.165) is 30.4 Å². The standard InChI is InChI=1S/C17H19N3O2P2/c1-16(24)8-17(16)9-19(10-17)15-14(20(21)22)12(6-7-18-15)11-4-2-3-5-13(11)23/h2-7H,8-10,23-24H2,1H3. The van der Waals surface area contributed by atoms with Gasteiger partial charge in [-0.2, -0.15) is 0 Å². The first-order valence-corrected chi connectivity index (χ1v) is 9.02. The van der Waals surface area contributed by atoms with Gasteiger partial charge in [-0.15, -0.1) is 18.5 Å². The molecule has 1 aromatic heterocycles. The number of benzene rings is 1. The molecule has 3 atom stereocenters. The Balaban J connectivity index is 1.76. The van der Waals surface area contributed by atoms with E-state index in [1.807, 2.05) is 29.2 Å². The third kappa shape index (κ3) is 2.26. The molecule has 1 aromatic carbocycles. The molecule has 5 nitrogen and oxygen atoms in total. The molecule has 0 amide bonds. The van der Waals surface area contributed by atoms with Gasteiger partial charge in [0.15, 0.2) is 0 Å². The summed E-state index contributed by atoms with van der Waals surface area (Å²) in [6, 6.07) is 9.40. The van der Waals surface area contributed by atoms with Crippen LogP contribution in [0.25, 0.3) is 11.1 Å². The average Bonchev–Trinajstić information content (AvgIpc) is 3.08. The van der Waals surface area contributed by atoms with Gasteiger partial charge < -0.3 is 4.90 Å². The smallest absolute Gasteiger partial charge is 0.319 e. The van der Waals surface area contributed by atoms with Crippen molar-refractivity contribution >= 4 is 35.3 Å². The van der Waals surface area contributed by atoms with E-state index in [9.17, 15) is 10.1 Å². The lowest BCUT2D eigenvalue weighted by molar-refractivity contribution is -0.383. The molecule has 124 valence electrons. The summed E-state index contributed by atoms with van der Waals surface area (Å²) in [5.41, 5.74) is 1.88. The summed E-state index contributed by atoms with van der Waals surface area (Å²) in [6.45, 7) is 3.91. The first-order chi connectivity index (χ1) is 11.3. The monoisotopic (exact) mass is 359 g/mol. The normalized spacial score (nSPS) is 23.9. The maximum Gasteiger partial charge on any atom is 0.319 e. The third-order valence-electron chi connectivity index (χ3n) is 5.42. The van der Waals surface area contributed by atoms with Crippen LogP contribution in [0.2, 0.25) is 0 Å². The zero-order valence-corrected chi connectivity index (χ0v) is 15.7. The lowest BCUT2D eigenvalue weighted by Gasteiger charge is -2.42. The van der Waals surface area contributed by atoms with Gasteiger partial charge in [0, 0.05) is 24.7 Å². The van der Waals surface area contributed by atoms with Crippen LogP contribution in [0.1, 0.15) is 13.3 Å². The van der Waals surface area contributed by atoms with Crippen LogP contribution in [0, 0.1) is 15.5 Å². The molecular weight excluding hydrogens is 340 g/mol. The second kappa shape index (κ2) is 5.21.